The van der Waals surface area contributed by atoms with Gasteiger partial charge in [0, 0.05) is 6.92 Å². The molecule has 3 N–H and O–H groups in total. The van der Waals surface area contributed by atoms with Crippen LogP contribution in [0.2, 0.25) is 0 Å². The molecule has 0 bridgehead atoms. The fourth-order valence-corrected chi connectivity index (χ4v) is 7.54. The zero-order valence-electron chi connectivity index (χ0n) is 16.2. The Morgan fingerprint density at radius 3 is 2.23 bits per heavy atom. The van der Waals surface area contributed by atoms with Crippen LogP contribution in [0.3, 0.4) is 0 Å². The quantitative estimate of drug-likeness (QED) is 0.620. The fourth-order valence-electron chi connectivity index (χ4n) is 7.54. The summed E-state index contributed by atoms with van der Waals surface area (Å²) in [4.78, 5) is 11.4. The molecule has 4 saturated carbocycles. The summed E-state index contributed by atoms with van der Waals surface area (Å²) in [5.74, 6) is 0.410. The van der Waals surface area contributed by atoms with E-state index in [1.54, 1.807) is 0 Å². The molecule has 5 heteroatoms. The van der Waals surface area contributed by atoms with Crippen LogP contribution in [0.5, 0.6) is 0 Å². The second-order valence-electron chi connectivity index (χ2n) is 10.0. The molecule has 1 unspecified atom stereocenters. The van der Waals surface area contributed by atoms with Gasteiger partial charge in [-0.3, -0.25) is 4.79 Å². The minimum Gasteiger partial charge on any atom is -0.463 e. The second-order valence-corrected chi connectivity index (χ2v) is 10.0. The normalized spacial score (nSPS) is 56.2. The standard InChI is InChI=1S/C21H34O5/c1-11(22)26-12-6-8-20(2)14-7-9-21(3)13(4-5-16(21)23)17(14)19(25)18(24)15(20)10-12/h12-19,23-25H,4-10H2,1-3H3/t12-,13-,14-,15+,16-,17?,18+,19+,20+,21-/m0/s1. The van der Waals surface area contributed by atoms with Crippen molar-refractivity contribution in [1.29, 1.82) is 0 Å². The van der Waals surface area contributed by atoms with Crippen LogP contribution in [0.4, 0.5) is 0 Å². The van der Waals surface area contributed by atoms with E-state index in [2.05, 4.69) is 13.8 Å². The van der Waals surface area contributed by atoms with E-state index in [1.807, 2.05) is 0 Å². The Balaban J connectivity index is 1.63. The molecule has 0 amide bonds. The van der Waals surface area contributed by atoms with E-state index in [0.717, 1.165) is 38.5 Å². The van der Waals surface area contributed by atoms with Crippen molar-refractivity contribution in [2.75, 3.05) is 0 Å². The lowest BCUT2D eigenvalue weighted by molar-refractivity contribution is -0.226. The van der Waals surface area contributed by atoms with Crippen molar-refractivity contribution in [2.45, 2.75) is 90.1 Å². The van der Waals surface area contributed by atoms with Crippen molar-refractivity contribution in [2.24, 2.45) is 34.5 Å². The molecule has 4 fully saturated rings. The fraction of sp³-hybridized carbons (Fsp3) is 0.952. The molecule has 0 aromatic carbocycles. The van der Waals surface area contributed by atoms with Gasteiger partial charge in [-0.1, -0.05) is 13.8 Å². The molecular formula is C21H34O5. The Hall–Kier alpha value is -0.650. The van der Waals surface area contributed by atoms with Gasteiger partial charge in [0.2, 0.25) is 0 Å². The first-order chi connectivity index (χ1) is 12.2. The molecule has 5 nitrogen and oxygen atoms in total. The van der Waals surface area contributed by atoms with Gasteiger partial charge in [-0.2, -0.15) is 0 Å². The highest BCUT2D eigenvalue weighted by molar-refractivity contribution is 5.66. The van der Waals surface area contributed by atoms with E-state index >= 15 is 0 Å². The van der Waals surface area contributed by atoms with Crippen molar-refractivity contribution in [1.82, 2.24) is 0 Å². The number of ether oxygens (including phenoxy) is 1. The molecule has 4 aliphatic carbocycles. The summed E-state index contributed by atoms with van der Waals surface area (Å²) >= 11 is 0. The molecule has 0 heterocycles. The number of esters is 1. The maximum Gasteiger partial charge on any atom is 0.302 e. The second kappa shape index (κ2) is 6.18. The maximum atomic E-state index is 11.4. The van der Waals surface area contributed by atoms with Crippen LogP contribution < -0.4 is 0 Å². The van der Waals surface area contributed by atoms with Gasteiger partial charge in [-0.05, 0) is 79.4 Å². The molecular weight excluding hydrogens is 332 g/mol. The van der Waals surface area contributed by atoms with Crippen molar-refractivity contribution in [3.8, 4) is 0 Å². The summed E-state index contributed by atoms with van der Waals surface area (Å²) in [6, 6.07) is 0. The molecule has 0 aromatic rings. The lowest BCUT2D eigenvalue weighted by atomic mass is 9.43. The number of carbonyl (C=O) groups is 1. The van der Waals surface area contributed by atoms with E-state index in [9.17, 15) is 20.1 Å². The highest BCUT2D eigenvalue weighted by Crippen LogP contribution is 2.66. The Morgan fingerprint density at radius 2 is 1.54 bits per heavy atom. The topological polar surface area (TPSA) is 87.0 Å². The van der Waals surface area contributed by atoms with E-state index in [1.165, 1.54) is 6.92 Å². The number of fused-ring (bicyclic) bond motifs is 5. The number of carbonyl (C=O) groups excluding carboxylic acids is 1. The molecule has 10 atom stereocenters. The van der Waals surface area contributed by atoms with Crippen LogP contribution in [0, 0.1) is 34.5 Å². The first kappa shape index (κ1) is 18.7. The summed E-state index contributed by atoms with van der Waals surface area (Å²) in [6.07, 6.45) is 4.19. The third kappa shape index (κ3) is 2.50. The molecule has 0 aliphatic heterocycles. The van der Waals surface area contributed by atoms with Gasteiger partial charge in [0.05, 0.1) is 18.3 Å². The highest BCUT2D eigenvalue weighted by Gasteiger charge is 2.65. The largest absolute Gasteiger partial charge is 0.463 e. The van der Waals surface area contributed by atoms with Gasteiger partial charge in [0.1, 0.15) is 6.10 Å². The molecule has 148 valence electrons. The number of aliphatic hydroxyl groups is 3. The zero-order valence-corrected chi connectivity index (χ0v) is 16.2. The molecule has 0 saturated heterocycles. The lowest BCUT2D eigenvalue weighted by Crippen LogP contribution is -2.64. The maximum absolute atomic E-state index is 11.4. The Morgan fingerprint density at radius 1 is 0.885 bits per heavy atom. The summed E-state index contributed by atoms with van der Waals surface area (Å²) in [5, 5.41) is 32.7. The summed E-state index contributed by atoms with van der Waals surface area (Å²) in [7, 11) is 0. The van der Waals surface area contributed by atoms with E-state index < -0.39 is 12.2 Å². The predicted molar refractivity (Wildman–Crippen MR) is 96.1 cm³/mol. The van der Waals surface area contributed by atoms with Crippen molar-refractivity contribution in [3.63, 3.8) is 0 Å². The van der Waals surface area contributed by atoms with Gasteiger partial charge in [-0.15, -0.1) is 0 Å². The van der Waals surface area contributed by atoms with Crippen LogP contribution in [0.25, 0.3) is 0 Å². The van der Waals surface area contributed by atoms with Crippen LogP contribution in [0.1, 0.15) is 65.7 Å². The van der Waals surface area contributed by atoms with Crippen molar-refractivity contribution >= 4 is 5.97 Å². The predicted octanol–water partition coefficient (Wildman–Crippen LogP) is 2.26. The average molecular weight is 366 g/mol. The Labute approximate surface area is 156 Å². The molecule has 0 spiro atoms. The lowest BCUT2D eigenvalue weighted by Gasteiger charge is -2.63. The summed E-state index contributed by atoms with van der Waals surface area (Å²) < 4.78 is 5.44. The van der Waals surface area contributed by atoms with Crippen molar-refractivity contribution < 1.29 is 24.9 Å². The molecule has 0 radical (unpaired) electrons. The van der Waals surface area contributed by atoms with Gasteiger partial charge >= 0.3 is 5.97 Å². The van der Waals surface area contributed by atoms with E-state index in [4.69, 9.17) is 4.74 Å². The average Bonchev–Trinajstić information content (AvgIpc) is 2.88. The number of rotatable bonds is 1. The summed E-state index contributed by atoms with van der Waals surface area (Å²) in [6.45, 7) is 5.89. The van der Waals surface area contributed by atoms with E-state index in [0.29, 0.717) is 12.3 Å². The summed E-state index contributed by atoms with van der Waals surface area (Å²) in [5.41, 5.74) is -0.158. The Kier molecular flexibility index (Phi) is 4.44. The van der Waals surface area contributed by atoms with Crippen LogP contribution in [0.15, 0.2) is 0 Å². The highest BCUT2D eigenvalue weighted by atomic mass is 16.5. The van der Waals surface area contributed by atoms with Crippen LogP contribution in [-0.4, -0.2) is 45.7 Å². The minimum absolute atomic E-state index is 0.0329. The monoisotopic (exact) mass is 366 g/mol. The zero-order chi connectivity index (χ0) is 18.9. The van der Waals surface area contributed by atoms with Crippen molar-refractivity contribution in [3.05, 3.63) is 0 Å². The first-order valence-corrected chi connectivity index (χ1v) is 10.4. The van der Waals surface area contributed by atoms with Gasteiger partial charge < -0.3 is 20.1 Å². The van der Waals surface area contributed by atoms with Crippen LogP contribution in [-0.2, 0) is 9.53 Å². The van der Waals surface area contributed by atoms with Gasteiger partial charge in [0.25, 0.3) is 0 Å². The SMILES string of the molecule is CC(=O)O[C@H]1CC[C@@]2(C)[C@H](C1)[C@@H](O)[C@H](O)C1[C@@H]2CC[C@]2(C)[C@@H](O)CC[C@@H]12. The number of aliphatic hydroxyl groups excluding tert-OH is 3. The number of hydrogen-bond acceptors (Lipinski definition) is 5. The molecule has 4 aliphatic rings. The number of hydrogen-bond donors (Lipinski definition) is 3. The molecule has 0 aromatic heterocycles. The molecule has 26 heavy (non-hydrogen) atoms. The smallest absolute Gasteiger partial charge is 0.302 e. The van der Waals surface area contributed by atoms with Gasteiger partial charge in [0.15, 0.2) is 0 Å². The Bertz CT molecular complexity index is 579. The van der Waals surface area contributed by atoms with E-state index in [-0.39, 0.29) is 46.8 Å². The van der Waals surface area contributed by atoms with Crippen LogP contribution >= 0.6 is 0 Å². The van der Waals surface area contributed by atoms with Gasteiger partial charge in [-0.25, -0.2) is 0 Å². The third-order valence-electron chi connectivity index (χ3n) is 8.99. The molecule has 4 rings (SSSR count). The first-order valence-electron chi connectivity index (χ1n) is 10.4. The minimum atomic E-state index is -0.778. The third-order valence-corrected chi connectivity index (χ3v) is 8.99.